The molecule has 3 aromatic carbocycles. The van der Waals surface area contributed by atoms with E-state index in [2.05, 4.69) is 10.1 Å². The van der Waals surface area contributed by atoms with Gasteiger partial charge in [-0.3, -0.25) is 4.79 Å². The summed E-state index contributed by atoms with van der Waals surface area (Å²) >= 11 is 12.5. The average Bonchev–Trinajstić information content (AvgIpc) is 3.35. The molecule has 11 heteroatoms. The Kier molecular flexibility index (Phi) is 10.5. The summed E-state index contributed by atoms with van der Waals surface area (Å²) in [6.45, 7) is 0.576. The number of rotatable bonds is 12. The minimum Gasteiger partial charge on any atom is -0.494 e. The van der Waals surface area contributed by atoms with Gasteiger partial charge in [0.15, 0.2) is 0 Å². The summed E-state index contributed by atoms with van der Waals surface area (Å²) in [5, 5.41) is 4.02. The molecule has 4 aromatic rings. The van der Waals surface area contributed by atoms with Gasteiger partial charge >= 0.3 is 12.1 Å². The van der Waals surface area contributed by atoms with Crippen molar-refractivity contribution in [2.24, 2.45) is 0 Å². The Morgan fingerprint density at radius 1 is 1.02 bits per heavy atom. The van der Waals surface area contributed by atoms with E-state index in [-0.39, 0.29) is 25.5 Å². The van der Waals surface area contributed by atoms with Crippen LogP contribution in [0.5, 0.6) is 5.75 Å². The lowest BCUT2D eigenvalue weighted by Crippen LogP contribution is -2.14. The Labute approximate surface area is 251 Å². The van der Waals surface area contributed by atoms with Crippen LogP contribution in [0.4, 0.5) is 18.9 Å². The van der Waals surface area contributed by atoms with Crippen LogP contribution in [0.15, 0.2) is 72.9 Å². The van der Waals surface area contributed by atoms with Crippen molar-refractivity contribution in [1.29, 1.82) is 0 Å². The van der Waals surface area contributed by atoms with Crippen LogP contribution in [0, 0.1) is 0 Å². The van der Waals surface area contributed by atoms with Gasteiger partial charge in [-0.1, -0.05) is 53.5 Å². The predicted octanol–water partition coefficient (Wildman–Crippen LogP) is 8.38. The first-order valence-electron chi connectivity index (χ1n) is 13.0. The molecule has 42 heavy (non-hydrogen) atoms. The van der Waals surface area contributed by atoms with Gasteiger partial charge in [0.25, 0.3) is 0 Å². The van der Waals surface area contributed by atoms with Crippen LogP contribution in [-0.4, -0.2) is 42.0 Å². The molecule has 0 unspecified atom stereocenters. The van der Waals surface area contributed by atoms with Crippen molar-refractivity contribution in [1.82, 2.24) is 9.55 Å². The van der Waals surface area contributed by atoms with Crippen molar-refractivity contribution in [3.05, 3.63) is 99.9 Å². The summed E-state index contributed by atoms with van der Waals surface area (Å²) in [5.74, 6) is 0.821. The first-order chi connectivity index (χ1) is 20.1. The Morgan fingerprint density at radius 3 is 2.43 bits per heavy atom. The average molecular weight is 618 g/mol. The van der Waals surface area contributed by atoms with E-state index in [9.17, 15) is 18.0 Å². The number of carbonyl (C=O) groups excluding carboxylic acids is 1. The van der Waals surface area contributed by atoms with Crippen LogP contribution in [0.3, 0.4) is 0 Å². The summed E-state index contributed by atoms with van der Waals surface area (Å²) in [4.78, 5) is 16.2. The lowest BCUT2D eigenvalue weighted by molar-refractivity contribution is -0.138. The standard InChI is InChI=1S/C31H28Cl2F3N3O3/c1-41-30(40)18-37-24-9-3-22(4-10-24)19-39-20-28(26-13-8-23(32)17-27(26)33)38-29(39)14-7-21-5-11-25(12-6-21)42-16-2-15-31(34,35)36/h3-14,17,20,37H,2,15-16,18-19H2,1H3. The van der Waals surface area contributed by atoms with Gasteiger partial charge in [-0.2, -0.15) is 13.2 Å². The second kappa shape index (κ2) is 14.3. The number of anilines is 1. The number of alkyl halides is 3. The summed E-state index contributed by atoms with van der Waals surface area (Å²) in [6, 6.07) is 20.0. The molecule has 4 rings (SSSR count). The van der Waals surface area contributed by atoms with Crippen LogP contribution in [0.1, 0.15) is 29.8 Å². The first kappa shape index (κ1) is 31.0. The van der Waals surface area contributed by atoms with Crippen LogP contribution in [0.2, 0.25) is 10.0 Å². The fraction of sp³-hybridized carbons (Fsp3) is 0.226. The number of hydrogen-bond acceptors (Lipinski definition) is 5. The third kappa shape index (κ3) is 9.29. The topological polar surface area (TPSA) is 65.4 Å². The van der Waals surface area contributed by atoms with Crippen molar-refractivity contribution in [2.45, 2.75) is 25.6 Å². The number of imidazole rings is 1. The monoisotopic (exact) mass is 617 g/mol. The molecule has 0 aliphatic heterocycles. The fourth-order valence-electron chi connectivity index (χ4n) is 4.00. The van der Waals surface area contributed by atoms with Crippen LogP contribution in [-0.2, 0) is 16.1 Å². The first-order valence-corrected chi connectivity index (χ1v) is 13.7. The zero-order valence-corrected chi connectivity index (χ0v) is 24.1. The summed E-state index contributed by atoms with van der Waals surface area (Å²) in [5.41, 5.74) is 4.07. The van der Waals surface area contributed by atoms with E-state index in [0.29, 0.717) is 33.9 Å². The molecule has 0 saturated heterocycles. The van der Waals surface area contributed by atoms with Gasteiger partial charge in [-0.15, -0.1) is 0 Å². The van der Waals surface area contributed by atoms with Crippen molar-refractivity contribution < 1.29 is 27.4 Å². The summed E-state index contributed by atoms with van der Waals surface area (Å²) in [7, 11) is 1.34. The van der Waals surface area contributed by atoms with Crippen molar-refractivity contribution in [3.63, 3.8) is 0 Å². The highest BCUT2D eigenvalue weighted by Gasteiger charge is 2.26. The third-order valence-electron chi connectivity index (χ3n) is 6.16. The van der Waals surface area contributed by atoms with Gasteiger partial charge < -0.3 is 19.4 Å². The Balaban J connectivity index is 1.51. The number of halogens is 5. The van der Waals surface area contributed by atoms with E-state index < -0.39 is 12.6 Å². The lowest BCUT2D eigenvalue weighted by atomic mass is 10.1. The number of aromatic nitrogens is 2. The summed E-state index contributed by atoms with van der Waals surface area (Å²) < 4.78 is 49.1. The molecule has 1 N–H and O–H groups in total. The van der Waals surface area contributed by atoms with Crippen LogP contribution >= 0.6 is 23.2 Å². The molecule has 0 aliphatic rings. The molecular formula is C31H28Cl2F3N3O3. The van der Waals surface area contributed by atoms with Crippen molar-refractivity contribution in [2.75, 3.05) is 25.6 Å². The van der Waals surface area contributed by atoms with Gasteiger partial charge in [0, 0.05) is 35.4 Å². The lowest BCUT2D eigenvalue weighted by Gasteiger charge is -2.09. The molecule has 0 amide bonds. The molecule has 0 aliphatic carbocycles. The van der Waals surface area contributed by atoms with Crippen molar-refractivity contribution >= 4 is 47.0 Å². The molecule has 0 fully saturated rings. The van der Waals surface area contributed by atoms with Gasteiger partial charge in [-0.05, 0) is 66.1 Å². The maximum Gasteiger partial charge on any atom is 0.389 e. The number of ether oxygens (including phenoxy) is 2. The highest BCUT2D eigenvalue weighted by molar-refractivity contribution is 6.36. The minimum absolute atomic E-state index is 0.00944. The predicted molar refractivity (Wildman–Crippen MR) is 160 cm³/mol. The van der Waals surface area contributed by atoms with E-state index in [1.165, 1.54) is 7.11 Å². The van der Waals surface area contributed by atoms with Gasteiger partial charge in [-0.25, -0.2) is 4.98 Å². The maximum absolute atomic E-state index is 12.3. The van der Waals surface area contributed by atoms with Crippen molar-refractivity contribution in [3.8, 4) is 17.0 Å². The molecule has 1 aromatic heterocycles. The fourth-order valence-corrected chi connectivity index (χ4v) is 4.50. The quantitative estimate of drug-likeness (QED) is 0.128. The SMILES string of the molecule is COC(=O)CNc1ccc(Cn2cc(-c3ccc(Cl)cc3Cl)nc2C=Cc2ccc(OCCCC(F)(F)F)cc2)cc1. The zero-order chi connectivity index (χ0) is 30.1. The molecule has 6 nitrogen and oxygen atoms in total. The number of carbonyl (C=O) groups is 1. The van der Waals surface area contributed by atoms with E-state index in [4.69, 9.17) is 32.9 Å². The Bertz CT molecular complexity index is 1520. The number of esters is 1. The molecule has 0 spiro atoms. The molecule has 220 valence electrons. The number of methoxy groups -OCH3 is 1. The molecule has 0 saturated carbocycles. The van der Waals surface area contributed by atoms with Crippen LogP contribution in [0.25, 0.3) is 23.4 Å². The molecule has 0 radical (unpaired) electrons. The number of hydrogen-bond donors (Lipinski definition) is 1. The largest absolute Gasteiger partial charge is 0.494 e. The third-order valence-corrected chi connectivity index (χ3v) is 6.71. The molecular weight excluding hydrogens is 590 g/mol. The highest BCUT2D eigenvalue weighted by atomic mass is 35.5. The van der Waals surface area contributed by atoms with E-state index in [1.54, 1.807) is 24.3 Å². The van der Waals surface area contributed by atoms with E-state index in [1.807, 2.05) is 65.4 Å². The van der Waals surface area contributed by atoms with Gasteiger partial charge in [0.1, 0.15) is 18.1 Å². The molecule has 1 heterocycles. The number of nitrogens with zero attached hydrogens (tertiary/aromatic N) is 2. The van der Waals surface area contributed by atoms with Gasteiger partial charge in [0.05, 0.1) is 24.4 Å². The smallest absolute Gasteiger partial charge is 0.389 e. The number of nitrogens with one attached hydrogen (secondary N) is 1. The second-order valence-electron chi connectivity index (χ2n) is 9.33. The molecule has 0 atom stereocenters. The van der Waals surface area contributed by atoms with Gasteiger partial charge in [0.2, 0.25) is 0 Å². The second-order valence-corrected chi connectivity index (χ2v) is 10.2. The number of benzene rings is 3. The Hall–Kier alpha value is -3.95. The normalized spacial score (nSPS) is 11.6. The molecule has 0 bridgehead atoms. The van der Waals surface area contributed by atoms with E-state index >= 15 is 0 Å². The minimum atomic E-state index is -4.19. The zero-order valence-electron chi connectivity index (χ0n) is 22.6. The van der Waals surface area contributed by atoms with Crippen LogP contribution < -0.4 is 10.1 Å². The maximum atomic E-state index is 12.3. The highest BCUT2D eigenvalue weighted by Crippen LogP contribution is 2.30. The summed E-state index contributed by atoms with van der Waals surface area (Å²) in [6.07, 6.45) is 0.518. The Morgan fingerprint density at radius 2 is 1.76 bits per heavy atom. The van der Waals surface area contributed by atoms with E-state index in [0.717, 1.165) is 22.4 Å².